The summed E-state index contributed by atoms with van der Waals surface area (Å²) in [6, 6.07) is 0.498. The SMILES string of the molecule is COCC(NC(=O)c1cc(C)oc1C)C(=O)O. The van der Waals surface area contributed by atoms with Crippen LogP contribution in [0.5, 0.6) is 0 Å². The van der Waals surface area contributed by atoms with E-state index in [0.29, 0.717) is 17.1 Å². The first-order chi connectivity index (χ1) is 7.95. The Bertz CT molecular complexity index is 423. The molecule has 1 aromatic heterocycles. The maximum Gasteiger partial charge on any atom is 0.328 e. The van der Waals surface area contributed by atoms with Crippen molar-refractivity contribution in [2.24, 2.45) is 0 Å². The number of methoxy groups -OCH3 is 1. The van der Waals surface area contributed by atoms with Gasteiger partial charge in [0.15, 0.2) is 6.04 Å². The molecule has 0 saturated heterocycles. The molecule has 0 bridgehead atoms. The normalized spacial score (nSPS) is 12.2. The molecule has 1 heterocycles. The van der Waals surface area contributed by atoms with Gasteiger partial charge in [-0.15, -0.1) is 0 Å². The van der Waals surface area contributed by atoms with Gasteiger partial charge in [-0.1, -0.05) is 0 Å². The van der Waals surface area contributed by atoms with Gasteiger partial charge in [-0.2, -0.15) is 0 Å². The molecule has 0 saturated carbocycles. The molecule has 17 heavy (non-hydrogen) atoms. The topological polar surface area (TPSA) is 88.8 Å². The summed E-state index contributed by atoms with van der Waals surface area (Å²) >= 11 is 0. The Morgan fingerprint density at radius 3 is 2.59 bits per heavy atom. The summed E-state index contributed by atoms with van der Waals surface area (Å²) in [4.78, 5) is 22.6. The van der Waals surface area contributed by atoms with Crippen molar-refractivity contribution in [3.8, 4) is 0 Å². The number of ether oxygens (including phenoxy) is 1. The van der Waals surface area contributed by atoms with E-state index in [-0.39, 0.29) is 6.61 Å². The molecule has 0 spiro atoms. The zero-order chi connectivity index (χ0) is 13.0. The van der Waals surface area contributed by atoms with Crippen LogP contribution in [0.4, 0.5) is 0 Å². The number of aryl methyl sites for hydroxylation is 2. The van der Waals surface area contributed by atoms with E-state index in [4.69, 9.17) is 14.3 Å². The number of hydrogen-bond acceptors (Lipinski definition) is 4. The van der Waals surface area contributed by atoms with E-state index in [9.17, 15) is 9.59 Å². The number of nitrogens with one attached hydrogen (secondary N) is 1. The van der Waals surface area contributed by atoms with Crippen molar-refractivity contribution in [3.05, 3.63) is 23.2 Å². The van der Waals surface area contributed by atoms with E-state index in [1.807, 2.05) is 0 Å². The van der Waals surface area contributed by atoms with Crippen molar-refractivity contribution >= 4 is 11.9 Å². The third kappa shape index (κ3) is 3.32. The molecule has 6 nitrogen and oxygen atoms in total. The number of aliphatic carboxylic acids is 1. The molecule has 1 unspecified atom stereocenters. The maximum absolute atomic E-state index is 11.8. The standard InChI is InChI=1S/C11H15NO5/c1-6-4-8(7(2)17-6)10(13)12-9(5-16-3)11(14)15/h4,9H,5H2,1-3H3,(H,12,13)(H,14,15). The maximum atomic E-state index is 11.8. The van der Waals surface area contributed by atoms with Crippen LogP contribution >= 0.6 is 0 Å². The number of carbonyl (C=O) groups excluding carboxylic acids is 1. The molecular weight excluding hydrogens is 226 g/mol. The van der Waals surface area contributed by atoms with E-state index in [0.717, 1.165) is 0 Å². The Hall–Kier alpha value is -1.82. The first kappa shape index (κ1) is 13.2. The Labute approximate surface area is 98.6 Å². The van der Waals surface area contributed by atoms with Gasteiger partial charge in [0, 0.05) is 7.11 Å². The highest BCUT2D eigenvalue weighted by Crippen LogP contribution is 2.13. The van der Waals surface area contributed by atoms with Crippen molar-refractivity contribution in [2.45, 2.75) is 19.9 Å². The van der Waals surface area contributed by atoms with Crippen LogP contribution in [0.25, 0.3) is 0 Å². The van der Waals surface area contributed by atoms with Crippen LogP contribution in [-0.4, -0.2) is 36.7 Å². The molecule has 0 radical (unpaired) electrons. The molecular formula is C11H15NO5. The molecule has 1 rings (SSSR count). The summed E-state index contributed by atoms with van der Waals surface area (Å²) in [5.74, 6) is -0.560. The average Bonchev–Trinajstić information content (AvgIpc) is 2.57. The minimum Gasteiger partial charge on any atom is -0.480 e. The smallest absolute Gasteiger partial charge is 0.328 e. The quantitative estimate of drug-likeness (QED) is 0.793. The molecule has 0 aliphatic carbocycles. The van der Waals surface area contributed by atoms with Gasteiger partial charge >= 0.3 is 5.97 Å². The van der Waals surface area contributed by atoms with Crippen molar-refractivity contribution in [2.75, 3.05) is 13.7 Å². The van der Waals surface area contributed by atoms with Gasteiger partial charge in [0.05, 0.1) is 12.2 Å². The molecule has 6 heteroatoms. The van der Waals surface area contributed by atoms with E-state index in [1.165, 1.54) is 7.11 Å². The number of carboxylic acid groups (broad SMARTS) is 1. The fourth-order valence-electron chi connectivity index (χ4n) is 1.43. The zero-order valence-corrected chi connectivity index (χ0v) is 9.94. The van der Waals surface area contributed by atoms with Gasteiger partial charge in [0.25, 0.3) is 5.91 Å². The van der Waals surface area contributed by atoms with Crippen LogP contribution in [-0.2, 0) is 9.53 Å². The van der Waals surface area contributed by atoms with Crippen LogP contribution < -0.4 is 5.32 Å². The van der Waals surface area contributed by atoms with Crippen molar-refractivity contribution in [1.82, 2.24) is 5.32 Å². The van der Waals surface area contributed by atoms with E-state index < -0.39 is 17.9 Å². The Balaban J connectivity index is 2.77. The molecule has 2 N–H and O–H groups in total. The largest absolute Gasteiger partial charge is 0.480 e. The number of furan rings is 1. The number of carbonyl (C=O) groups is 2. The van der Waals surface area contributed by atoms with Gasteiger partial charge < -0.3 is 19.6 Å². The van der Waals surface area contributed by atoms with Gasteiger partial charge in [-0.25, -0.2) is 4.79 Å². The molecule has 1 amide bonds. The predicted octanol–water partition coefficient (Wildman–Crippen LogP) is 0.726. The van der Waals surface area contributed by atoms with Crippen LogP contribution in [0.3, 0.4) is 0 Å². The van der Waals surface area contributed by atoms with E-state index in [1.54, 1.807) is 19.9 Å². The summed E-state index contributed by atoms with van der Waals surface area (Å²) in [5.41, 5.74) is 0.338. The van der Waals surface area contributed by atoms with Gasteiger partial charge in [0.2, 0.25) is 0 Å². The summed E-state index contributed by atoms with van der Waals surface area (Å²) in [6.45, 7) is 3.28. The highest BCUT2D eigenvalue weighted by Gasteiger charge is 2.22. The second kappa shape index (κ2) is 5.49. The predicted molar refractivity (Wildman–Crippen MR) is 58.9 cm³/mol. The zero-order valence-electron chi connectivity index (χ0n) is 9.94. The number of amides is 1. The fraction of sp³-hybridized carbons (Fsp3) is 0.455. The van der Waals surface area contributed by atoms with Gasteiger partial charge in [0.1, 0.15) is 11.5 Å². The number of carboxylic acids is 1. The van der Waals surface area contributed by atoms with Crippen LogP contribution in [0, 0.1) is 13.8 Å². The molecule has 0 aliphatic rings. The molecule has 1 atom stereocenters. The van der Waals surface area contributed by atoms with Crippen LogP contribution in [0.1, 0.15) is 21.9 Å². The van der Waals surface area contributed by atoms with Crippen LogP contribution in [0.2, 0.25) is 0 Å². The first-order valence-electron chi connectivity index (χ1n) is 5.05. The minimum atomic E-state index is -1.14. The highest BCUT2D eigenvalue weighted by atomic mass is 16.5. The highest BCUT2D eigenvalue weighted by molar-refractivity contribution is 5.97. The Kier molecular flexibility index (Phi) is 4.28. The summed E-state index contributed by atoms with van der Waals surface area (Å²) in [6.07, 6.45) is 0. The summed E-state index contributed by atoms with van der Waals surface area (Å²) in [5, 5.41) is 11.2. The van der Waals surface area contributed by atoms with Gasteiger partial charge in [-0.05, 0) is 19.9 Å². The van der Waals surface area contributed by atoms with E-state index >= 15 is 0 Å². The monoisotopic (exact) mass is 241 g/mol. The Morgan fingerprint density at radius 1 is 1.53 bits per heavy atom. The average molecular weight is 241 g/mol. The third-order valence-electron chi connectivity index (χ3n) is 2.22. The second-order valence-corrected chi connectivity index (χ2v) is 3.65. The second-order valence-electron chi connectivity index (χ2n) is 3.65. The lowest BCUT2D eigenvalue weighted by Gasteiger charge is -2.12. The molecule has 1 aromatic rings. The lowest BCUT2D eigenvalue weighted by Crippen LogP contribution is -2.43. The third-order valence-corrected chi connectivity index (χ3v) is 2.22. The van der Waals surface area contributed by atoms with Crippen molar-refractivity contribution < 1.29 is 23.8 Å². The van der Waals surface area contributed by atoms with E-state index in [2.05, 4.69) is 5.32 Å². The van der Waals surface area contributed by atoms with Crippen molar-refractivity contribution in [3.63, 3.8) is 0 Å². The summed E-state index contributed by atoms with van der Waals surface area (Å²) < 4.78 is 9.92. The lowest BCUT2D eigenvalue weighted by atomic mass is 10.2. The fourth-order valence-corrected chi connectivity index (χ4v) is 1.43. The van der Waals surface area contributed by atoms with Crippen molar-refractivity contribution in [1.29, 1.82) is 0 Å². The molecule has 0 aromatic carbocycles. The number of rotatable bonds is 5. The van der Waals surface area contributed by atoms with Gasteiger partial charge in [-0.3, -0.25) is 4.79 Å². The molecule has 0 aliphatic heterocycles. The molecule has 94 valence electrons. The first-order valence-corrected chi connectivity index (χ1v) is 5.05. The number of hydrogen-bond donors (Lipinski definition) is 2. The minimum absolute atomic E-state index is 0.0864. The molecule has 0 fully saturated rings. The summed E-state index contributed by atoms with van der Waals surface area (Å²) in [7, 11) is 1.37. The Morgan fingerprint density at radius 2 is 2.18 bits per heavy atom. The lowest BCUT2D eigenvalue weighted by molar-refractivity contribution is -0.140. The van der Waals surface area contributed by atoms with Crippen LogP contribution in [0.15, 0.2) is 10.5 Å².